The first-order valence-electron chi connectivity index (χ1n) is 9.09. The van der Waals surface area contributed by atoms with E-state index in [0.717, 1.165) is 12.7 Å². The maximum absolute atomic E-state index is 14.0. The van der Waals surface area contributed by atoms with Crippen molar-refractivity contribution in [3.05, 3.63) is 59.9 Å². The van der Waals surface area contributed by atoms with Gasteiger partial charge in [-0.05, 0) is 17.7 Å². The lowest BCUT2D eigenvalue weighted by molar-refractivity contribution is 0.181. The van der Waals surface area contributed by atoms with Crippen molar-refractivity contribution >= 4 is 11.8 Å². The highest BCUT2D eigenvalue weighted by Gasteiger charge is 2.24. The van der Waals surface area contributed by atoms with Gasteiger partial charge in [-0.2, -0.15) is 0 Å². The van der Waals surface area contributed by atoms with Gasteiger partial charge in [0.25, 0.3) is 0 Å². The van der Waals surface area contributed by atoms with Crippen molar-refractivity contribution in [3.63, 3.8) is 0 Å². The van der Waals surface area contributed by atoms with Gasteiger partial charge in [0, 0.05) is 13.2 Å². The number of amides is 1. The summed E-state index contributed by atoms with van der Waals surface area (Å²) in [4.78, 5) is 12.8. The molecule has 0 aliphatic carbocycles. The minimum Gasteiger partial charge on any atom is -0.486 e. The molecule has 1 saturated heterocycles. The lowest BCUT2D eigenvalue weighted by Gasteiger charge is -2.14. The van der Waals surface area contributed by atoms with Crippen LogP contribution in [0.5, 0.6) is 5.75 Å². The minimum absolute atomic E-state index is 0.162. The predicted molar refractivity (Wildman–Crippen MR) is 107 cm³/mol. The average molecular weight is 379 g/mol. The van der Waals surface area contributed by atoms with Crippen molar-refractivity contribution in [1.29, 1.82) is 0 Å². The lowest BCUT2D eigenvalue weighted by Crippen LogP contribution is -2.23. The van der Waals surface area contributed by atoms with Crippen LogP contribution < -0.4 is 9.64 Å². The maximum atomic E-state index is 14.0. The summed E-state index contributed by atoms with van der Waals surface area (Å²) in [5.74, 6) is -0.335. The molecule has 0 spiro atoms. The quantitative estimate of drug-likeness (QED) is 0.810. The SMILES string of the molecule is CC.CC.CO.O=C1OCCN1c1ccc(OCc2ccccc2)c(F)c1. The molecule has 0 unspecified atom stereocenters. The number of halogens is 1. The summed E-state index contributed by atoms with van der Waals surface area (Å²) >= 11 is 0. The molecule has 0 bridgehead atoms. The Kier molecular flexibility index (Phi) is 13.2. The third-order valence-electron chi connectivity index (χ3n) is 3.23. The summed E-state index contributed by atoms with van der Waals surface area (Å²) in [6.07, 6.45) is -0.452. The van der Waals surface area contributed by atoms with Gasteiger partial charge in [0.1, 0.15) is 13.2 Å². The van der Waals surface area contributed by atoms with Gasteiger partial charge in [0.05, 0.1) is 12.2 Å². The van der Waals surface area contributed by atoms with Crippen LogP contribution in [0.1, 0.15) is 33.3 Å². The number of hydrogen-bond acceptors (Lipinski definition) is 4. The van der Waals surface area contributed by atoms with Crippen molar-refractivity contribution in [2.45, 2.75) is 34.3 Å². The molecule has 27 heavy (non-hydrogen) atoms. The molecule has 1 N–H and O–H groups in total. The van der Waals surface area contributed by atoms with E-state index in [2.05, 4.69) is 0 Å². The van der Waals surface area contributed by atoms with Crippen molar-refractivity contribution in [2.24, 2.45) is 0 Å². The fraction of sp³-hybridized carbons (Fsp3) is 0.381. The first-order chi connectivity index (χ1) is 13.2. The van der Waals surface area contributed by atoms with E-state index in [1.165, 1.54) is 17.0 Å². The Balaban J connectivity index is 0.00000103. The van der Waals surface area contributed by atoms with E-state index in [4.69, 9.17) is 14.6 Å². The van der Waals surface area contributed by atoms with Crippen LogP contribution in [0.25, 0.3) is 0 Å². The summed E-state index contributed by atoms with van der Waals surface area (Å²) < 4.78 is 24.3. The summed E-state index contributed by atoms with van der Waals surface area (Å²) in [5.41, 5.74) is 1.44. The number of carbonyl (C=O) groups excluding carboxylic acids is 1. The summed E-state index contributed by atoms with van der Waals surface area (Å²) in [5, 5.41) is 7.00. The second-order valence-corrected chi connectivity index (χ2v) is 4.66. The first kappa shape index (κ1) is 24.4. The van der Waals surface area contributed by atoms with E-state index < -0.39 is 11.9 Å². The van der Waals surface area contributed by atoms with Crippen molar-refractivity contribution in [1.82, 2.24) is 0 Å². The van der Waals surface area contributed by atoms with E-state index in [1.807, 2.05) is 58.0 Å². The molecule has 0 aromatic heterocycles. The largest absolute Gasteiger partial charge is 0.486 e. The molecular weight excluding hydrogens is 349 g/mol. The fourth-order valence-electron chi connectivity index (χ4n) is 2.14. The highest BCUT2D eigenvalue weighted by Crippen LogP contribution is 2.26. The van der Waals surface area contributed by atoms with Gasteiger partial charge < -0.3 is 14.6 Å². The third kappa shape index (κ3) is 7.66. The summed E-state index contributed by atoms with van der Waals surface area (Å²) in [7, 11) is 1.00. The number of aliphatic hydroxyl groups excluding tert-OH is 1. The van der Waals surface area contributed by atoms with Gasteiger partial charge in [0.15, 0.2) is 11.6 Å². The smallest absolute Gasteiger partial charge is 0.414 e. The van der Waals surface area contributed by atoms with Gasteiger partial charge in [-0.25, -0.2) is 9.18 Å². The molecule has 2 aromatic rings. The zero-order chi connectivity index (χ0) is 20.7. The normalized spacial score (nSPS) is 11.7. The maximum Gasteiger partial charge on any atom is 0.414 e. The van der Waals surface area contributed by atoms with E-state index >= 15 is 0 Å². The Bertz CT molecular complexity index is 650. The molecule has 6 heteroatoms. The number of aliphatic hydroxyl groups is 1. The Morgan fingerprint density at radius 1 is 1.07 bits per heavy atom. The molecule has 0 atom stereocenters. The molecule has 5 nitrogen and oxygen atoms in total. The second-order valence-electron chi connectivity index (χ2n) is 4.66. The van der Waals surface area contributed by atoms with Crippen molar-refractivity contribution < 1.29 is 23.8 Å². The molecule has 1 fully saturated rings. The lowest BCUT2D eigenvalue weighted by atomic mass is 10.2. The Hall–Kier alpha value is -2.60. The molecule has 2 aromatic carbocycles. The molecule has 1 amide bonds. The third-order valence-corrected chi connectivity index (χ3v) is 3.23. The van der Waals surface area contributed by atoms with E-state index in [0.29, 0.717) is 25.4 Å². The fourth-order valence-corrected chi connectivity index (χ4v) is 2.14. The number of benzene rings is 2. The van der Waals surface area contributed by atoms with Crippen molar-refractivity contribution in [2.75, 3.05) is 25.2 Å². The number of hydrogen-bond donors (Lipinski definition) is 1. The Morgan fingerprint density at radius 2 is 1.70 bits per heavy atom. The molecule has 0 saturated carbocycles. The summed E-state index contributed by atoms with van der Waals surface area (Å²) in [6, 6.07) is 14.0. The number of anilines is 1. The summed E-state index contributed by atoms with van der Waals surface area (Å²) in [6.45, 7) is 9.05. The number of ether oxygens (including phenoxy) is 2. The van der Waals surface area contributed by atoms with Gasteiger partial charge in [-0.3, -0.25) is 4.90 Å². The number of rotatable bonds is 4. The molecule has 1 aliphatic rings. The van der Waals surface area contributed by atoms with Crippen LogP contribution in [0.15, 0.2) is 48.5 Å². The van der Waals surface area contributed by atoms with Crippen LogP contribution in [0, 0.1) is 5.82 Å². The van der Waals surface area contributed by atoms with E-state index in [9.17, 15) is 9.18 Å². The highest BCUT2D eigenvalue weighted by atomic mass is 19.1. The van der Waals surface area contributed by atoms with Crippen LogP contribution >= 0.6 is 0 Å². The molecule has 1 heterocycles. The number of carbonyl (C=O) groups is 1. The molecule has 1 aliphatic heterocycles. The average Bonchev–Trinajstić information content (AvgIpc) is 3.18. The molecule has 150 valence electrons. The first-order valence-corrected chi connectivity index (χ1v) is 9.09. The number of nitrogens with zero attached hydrogens (tertiary/aromatic N) is 1. The van der Waals surface area contributed by atoms with Gasteiger partial charge in [-0.1, -0.05) is 58.0 Å². The second kappa shape index (κ2) is 14.6. The zero-order valence-electron chi connectivity index (χ0n) is 16.7. The minimum atomic E-state index is -0.497. The zero-order valence-corrected chi connectivity index (χ0v) is 16.7. The standard InChI is InChI=1S/C16H14FNO3.2C2H6.CH4O/c17-14-10-13(18-8-9-20-16(18)19)6-7-15(14)21-11-12-4-2-1-3-5-12;3*1-2/h1-7,10H,8-9,11H2;2*1-2H3;2H,1H3. The van der Waals surface area contributed by atoms with Crippen LogP contribution in [-0.2, 0) is 11.3 Å². The van der Waals surface area contributed by atoms with Crippen LogP contribution in [0.4, 0.5) is 14.9 Å². The van der Waals surface area contributed by atoms with E-state index in [1.54, 1.807) is 6.07 Å². The molecule has 3 rings (SSSR count). The Morgan fingerprint density at radius 3 is 2.22 bits per heavy atom. The monoisotopic (exact) mass is 379 g/mol. The van der Waals surface area contributed by atoms with Crippen LogP contribution in [-0.4, -0.2) is 31.5 Å². The Labute approximate surface area is 161 Å². The van der Waals surface area contributed by atoms with Crippen molar-refractivity contribution in [3.8, 4) is 5.75 Å². The van der Waals surface area contributed by atoms with E-state index in [-0.39, 0.29) is 5.75 Å². The topological polar surface area (TPSA) is 59.0 Å². The van der Waals surface area contributed by atoms with Gasteiger partial charge in [0.2, 0.25) is 0 Å². The number of cyclic esters (lactones) is 1. The molecular formula is C21H30FNO4. The van der Waals surface area contributed by atoms with Gasteiger partial charge >= 0.3 is 6.09 Å². The molecule has 0 radical (unpaired) electrons. The van der Waals surface area contributed by atoms with Gasteiger partial charge in [-0.15, -0.1) is 0 Å². The van der Waals surface area contributed by atoms with Crippen LogP contribution in [0.2, 0.25) is 0 Å². The van der Waals surface area contributed by atoms with Crippen LogP contribution in [0.3, 0.4) is 0 Å². The highest BCUT2D eigenvalue weighted by molar-refractivity contribution is 5.89. The predicted octanol–water partition coefficient (Wildman–Crippen LogP) is 5.02.